The van der Waals surface area contributed by atoms with Crippen molar-refractivity contribution in [2.75, 3.05) is 6.61 Å². The standard InChI is InChI=1S/C19H26N2O4/c1-19(2,3)25-18(23)21-13-9-10-16(21)15(11-13)20-17(22)12-24-14-7-5-4-6-8-14/h4-8,13,15-16H,9-12H2,1-3H3,(H,20,22)/t13-,15+,16+/m1/s1. The van der Waals surface area contributed by atoms with Gasteiger partial charge >= 0.3 is 6.09 Å². The van der Waals surface area contributed by atoms with Crippen LogP contribution in [0.3, 0.4) is 0 Å². The Balaban J connectivity index is 1.52. The fourth-order valence-electron chi connectivity index (χ4n) is 3.66. The molecule has 3 atom stereocenters. The lowest BCUT2D eigenvalue weighted by Crippen LogP contribution is -2.47. The smallest absolute Gasteiger partial charge is 0.410 e. The van der Waals surface area contributed by atoms with E-state index in [1.807, 2.05) is 56.0 Å². The maximum absolute atomic E-state index is 12.4. The average molecular weight is 346 g/mol. The quantitative estimate of drug-likeness (QED) is 0.910. The molecule has 25 heavy (non-hydrogen) atoms. The molecule has 3 rings (SSSR count). The Kier molecular flexibility index (Phi) is 4.88. The highest BCUT2D eigenvalue weighted by atomic mass is 16.6. The maximum Gasteiger partial charge on any atom is 0.410 e. The largest absolute Gasteiger partial charge is 0.484 e. The molecule has 136 valence electrons. The van der Waals surface area contributed by atoms with Crippen LogP contribution in [0.2, 0.25) is 0 Å². The predicted molar refractivity (Wildman–Crippen MR) is 93.4 cm³/mol. The van der Waals surface area contributed by atoms with E-state index < -0.39 is 5.60 Å². The third kappa shape index (κ3) is 4.24. The molecule has 2 amide bonds. The van der Waals surface area contributed by atoms with Crippen molar-refractivity contribution in [2.24, 2.45) is 0 Å². The van der Waals surface area contributed by atoms with Crippen LogP contribution in [-0.2, 0) is 9.53 Å². The zero-order chi connectivity index (χ0) is 18.0. The monoisotopic (exact) mass is 346 g/mol. The molecule has 2 heterocycles. The molecule has 2 saturated heterocycles. The number of carbonyl (C=O) groups is 2. The zero-order valence-electron chi connectivity index (χ0n) is 15.0. The third-order valence-corrected chi connectivity index (χ3v) is 4.60. The van der Waals surface area contributed by atoms with Gasteiger partial charge in [-0.15, -0.1) is 0 Å². The Labute approximate surface area is 148 Å². The Bertz CT molecular complexity index is 626. The number of hydrogen-bond acceptors (Lipinski definition) is 4. The first-order chi connectivity index (χ1) is 11.8. The van der Waals surface area contributed by atoms with E-state index in [-0.39, 0.29) is 36.7 Å². The third-order valence-electron chi connectivity index (χ3n) is 4.60. The van der Waals surface area contributed by atoms with Gasteiger partial charge in [-0.2, -0.15) is 0 Å². The van der Waals surface area contributed by atoms with Crippen LogP contribution < -0.4 is 10.1 Å². The van der Waals surface area contributed by atoms with Crippen LogP contribution in [0.1, 0.15) is 40.0 Å². The Morgan fingerprint density at radius 3 is 2.60 bits per heavy atom. The van der Waals surface area contributed by atoms with Crippen LogP contribution in [0.4, 0.5) is 4.79 Å². The minimum absolute atomic E-state index is 0.0144. The molecule has 0 aromatic heterocycles. The van der Waals surface area contributed by atoms with Gasteiger partial charge < -0.3 is 19.7 Å². The van der Waals surface area contributed by atoms with Crippen LogP contribution in [0.5, 0.6) is 5.75 Å². The fraction of sp³-hybridized carbons (Fsp3) is 0.579. The first-order valence-corrected chi connectivity index (χ1v) is 8.82. The SMILES string of the molecule is CC(C)(C)OC(=O)N1[C@@H]2CC[C@H]1[C@@H](NC(=O)COc1ccccc1)C2. The average Bonchev–Trinajstić information content (AvgIpc) is 3.10. The molecule has 2 bridgehead atoms. The minimum atomic E-state index is -0.513. The van der Waals surface area contributed by atoms with Gasteiger partial charge in [0.05, 0.1) is 12.1 Å². The number of amides is 2. The van der Waals surface area contributed by atoms with Gasteiger partial charge in [-0.3, -0.25) is 4.79 Å². The number of rotatable bonds is 4. The zero-order valence-corrected chi connectivity index (χ0v) is 15.0. The van der Waals surface area contributed by atoms with E-state index in [2.05, 4.69) is 5.32 Å². The van der Waals surface area contributed by atoms with Gasteiger partial charge in [0.25, 0.3) is 5.91 Å². The fourth-order valence-corrected chi connectivity index (χ4v) is 3.66. The topological polar surface area (TPSA) is 67.9 Å². The lowest BCUT2D eigenvalue weighted by Gasteiger charge is -2.28. The molecule has 6 nitrogen and oxygen atoms in total. The molecule has 0 aliphatic carbocycles. The molecule has 2 aliphatic rings. The number of nitrogens with one attached hydrogen (secondary N) is 1. The van der Waals surface area contributed by atoms with Gasteiger partial charge in [0.15, 0.2) is 6.61 Å². The molecule has 2 fully saturated rings. The summed E-state index contributed by atoms with van der Waals surface area (Å²) in [5.41, 5.74) is -0.513. The molecule has 1 aromatic rings. The van der Waals surface area contributed by atoms with Crippen LogP contribution >= 0.6 is 0 Å². The number of carbonyl (C=O) groups excluding carboxylic acids is 2. The molecule has 0 radical (unpaired) electrons. The number of fused-ring (bicyclic) bond motifs is 2. The second kappa shape index (κ2) is 6.94. The summed E-state index contributed by atoms with van der Waals surface area (Å²) in [5.74, 6) is 0.506. The second-order valence-corrected chi connectivity index (χ2v) is 7.70. The lowest BCUT2D eigenvalue weighted by atomic mass is 9.95. The van der Waals surface area contributed by atoms with Gasteiger partial charge in [0.1, 0.15) is 11.4 Å². The van der Waals surface area contributed by atoms with E-state index >= 15 is 0 Å². The first-order valence-electron chi connectivity index (χ1n) is 8.82. The molecule has 1 aromatic carbocycles. The number of nitrogens with zero attached hydrogens (tertiary/aromatic N) is 1. The maximum atomic E-state index is 12.4. The lowest BCUT2D eigenvalue weighted by molar-refractivity contribution is -0.124. The van der Waals surface area contributed by atoms with Crippen LogP contribution in [0, 0.1) is 0 Å². The van der Waals surface area contributed by atoms with E-state index in [0.717, 1.165) is 19.3 Å². The number of ether oxygens (including phenoxy) is 2. The summed E-state index contributed by atoms with van der Waals surface area (Å²) in [6.07, 6.45) is 2.36. The first kappa shape index (κ1) is 17.6. The molecule has 1 N–H and O–H groups in total. The highest BCUT2D eigenvalue weighted by Crippen LogP contribution is 2.38. The molecular formula is C19H26N2O4. The van der Waals surface area contributed by atoms with Gasteiger partial charge in [-0.05, 0) is 52.2 Å². The van der Waals surface area contributed by atoms with E-state index in [1.54, 1.807) is 0 Å². The highest BCUT2D eigenvalue weighted by Gasteiger charge is 2.50. The van der Waals surface area contributed by atoms with Gasteiger partial charge in [-0.1, -0.05) is 18.2 Å². The molecule has 6 heteroatoms. The van der Waals surface area contributed by atoms with E-state index in [1.165, 1.54) is 0 Å². The Hall–Kier alpha value is -2.24. The molecular weight excluding hydrogens is 320 g/mol. The van der Waals surface area contributed by atoms with Gasteiger partial charge in [0.2, 0.25) is 0 Å². The highest BCUT2D eigenvalue weighted by molar-refractivity contribution is 5.78. The summed E-state index contributed by atoms with van der Waals surface area (Å²) < 4.78 is 11.0. The summed E-state index contributed by atoms with van der Waals surface area (Å²) in [7, 11) is 0. The van der Waals surface area contributed by atoms with Crippen molar-refractivity contribution in [1.29, 1.82) is 0 Å². The molecule has 0 unspecified atom stereocenters. The van der Waals surface area contributed by atoms with Crippen LogP contribution in [0.25, 0.3) is 0 Å². The van der Waals surface area contributed by atoms with E-state index in [0.29, 0.717) is 5.75 Å². The predicted octanol–water partition coefficient (Wildman–Crippen LogP) is 2.72. The summed E-state index contributed by atoms with van der Waals surface area (Å²) >= 11 is 0. The number of benzene rings is 1. The second-order valence-electron chi connectivity index (χ2n) is 7.70. The normalized spacial score (nSPS) is 24.9. The molecule has 0 spiro atoms. The summed E-state index contributed by atoms with van der Waals surface area (Å²) in [4.78, 5) is 26.4. The van der Waals surface area contributed by atoms with Crippen LogP contribution in [0.15, 0.2) is 30.3 Å². The van der Waals surface area contributed by atoms with Crippen molar-refractivity contribution in [2.45, 2.75) is 63.8 Å². The molecule has 2 aliphatic heterocycles. The van der Waals surface area contributed by atoms with Crippen molar-refractivity contribution in [3.8, 4) is 5.75 Å². The summed E-state index contributed by atoms with van der Waals surface area (Å²) in [6.45, 7) is 5.57. The summed E-state index contributed by atoms with van der Waals surface area (Å²) in [6, 6.07) is 9.39. The molecule has 0 saturated carbocycles. The van der Waals surface area contributed by atoms with Gasteiger partial charge in [-0.25, -0.2) is 4.79 Å². The van der Waals surface area contributed by atoms with Crippen LogP contribution in [-0.4, -0.2) is 47.2 Å². The number of hydrogen-bond donors (Lipinski definition) is 1. The van der Waals surface area contributed by atoms with E-state index in [4.69, 9.17) is 9.47 Å². The van der Waals surface area contributed by atoms with Crippen molar-refractivity contribution < 1.29 is 19.1 Å². The summed E-state index contributed by atoms with van der Waals surface area (Å²) in [5, 5.41) is 3.01. The van der Waals surface area contributed by atoms with Crippen molar-refractivity contribution >= 4 is 12.0 Å². The van der Waals surface area contributed by atoms with Gasteiger partial charge in [0, 0.05) is 6.04 Å². The van der Waals surface area contributed by atoms with Crippen molar-refractivity contribution in [3.05, 3.63) is 30.3 Å². The Morgan fingerprint density at radius 1 is 1.20 bits per heavy atom. The number of para-hydroxylation sites is 1. The van der Waals surface area contributed by atoms with E-state index in [9.17, 15) is 9.59 Å². The van der Waals surface area contributed by atoms with Crippen molar-refractivity contribution in [1.82, 2.24) is 10.2 Å². The minimum Gasteiger partial charge on any atom is -0.484 e. The van der Waals surface area contributed by atoms with Crippen molar-refractivity contribution in [3.63, 3.8) is 0 Å². The Morgan fingerprint density at radius 2 is 1.92 bits per heavy atom.